The Morgan fingerprint density at radius 3 is 2.06 bits per heavy atom. The molecule has 0 radical (unpaired) electrons. The summed E-state index contributed by atoms with van der Waals surface area (Å²) in [4.78, 5) is 19.2. The van der Waals surface area contributed by atoms with Crippen molar-refractivity contribution < 1.29 is 19.8 Å². The first kappa shape index (κ1) is 15.8. The van der Waals surface area contributed by atoms with E-state index in [1.54, 1.807) is 0 Å². The van der Waals surface area contributed by atoms with E-state index in [4.69, 9.17) is 9.90 Å². The zero-order valence-corrected chi connectivity index (χ0v) is 10.6. The number of hydrogen-bond acceptors (Lipinski definition) is 4. The maximum atomic E-state index is 10.1. The molecule has 2 N–H and O–H groups in total. The van der Waals surface area contributed by atoms with Gasteiger partial charge in [0.2, 0.25) is 0 Å². The standard InChI is InChI=1S/C10H13NO2.C2H5NO2/c1-7-3-4-9(5-8(7)2)6-11-10(12)13;1-3-2(4)5/h3-5,11H,6H2,1-2H3,(H,12,13);3H,1H3,(H,4,5)/p-2. The first-order valence-electron chi connectivity index (χ1n) is 5.26. The molecule has 0 saturated heterocycles. The van der Waals surface area contributed by atoms with Crippen molar-refractivity contribution in [3.05, 3.63) is 34.9 Å². The average Bonchev–Trinajstić information content (AvgIpc) is 2.31. The summed E-state index contributed by atoms with van der Waals surface area (Å²) in [5.41, 5.74) is 3.32. The summed E-state index contributed by atoms with van der Waals surface area (Å²) >= 11 is 0. The number of carboxylic acid groups (broad SMARTS) is 2. The van der Waals surface area contributed by atoms with Crippen LogP contribution in [0.25, 0.3) is 0 Å². The molecule has 0 bridgehead atoms. The van der Waals surface area contributed by atoms with Crippen molar-refractivity contribution in [3.63, 3.8) is 0 Å². The zero-order chi connectivity index (χ0) is 14.1. The second-order valence-electron chi connectivity index (χ2n) is 3.60. The third kappa shape index (κ3) is 7.10. The van der Waals surface area contributed by atoms with Gasteiger partial charge >= 0.3 is 0 Å². The minimum atomic E-state index is -1.25. The lowest BCUT2D eigenvalue weighted by Crippen LogP contribution is -2.35. The van der Waals surface area contributed by atoms with Crippen molar-refractivity contribution >= 4 is 12.2 Å². The van der Waals surface area contributed by atoms with Gasteiger partial charge in [-0.3, -0.25) is 0 Å². The molecule has 1 aromatic carbocycles. The first-order valence-corrected chi connectivity index (χ1v) is 5.26. The molecule has 0 atom stereocenters. The van der Waals surface area contributed by atoms with Gasteiger partial charge in [-0.1, -0.05) is 18.2 Å². The molecular formula is C12H16N2O4-2. The fraction of sp³-hybridized carbons (Fsp3) is 0.333. The molecular weight excluding hydrogens is 236 g/mol. The fourth-order valence-corrected chi connectivity index (χ4v) is 1.09. The Hall–Kier alpha value is -2.24. The number of hydrogen-bond donors (Lipinski definition) is 2. The fourth-order valence-electron chi connectivity index (χ4n) is 1.09. The van der Waals surface area contributed by atoms with E-state index >= 15 is 0 Å². The van der Waals surface area contributed by atoms with Gasteiger partial charge in [-0.15, -0.1) is 0 Å². The molecule has 0 saturated carbocycles. The molecule has 6 heteroatoms. The smallest absolute Gasteiger partial charge is 0.134 e. The van der Waals surface area contributed by atoms with Crippen LogP contribution in [-0.2, 0) is 6.54 Å². The Kier molecular flexibility index (Phi) is 6.95. The van der Waals surface area contributed by atoms with Crippen LogP contribution in [0.3, 0.4) is 0 Å². The number of benzene rings is 1. The minimum absolute atomic E-state index is 0.309. The molecule has 0 spiro atoms. The van der Waals surface area contributed by atoms with Crippen molar-refractivity contribution in [3.8, 4) is 0 Å². The number of carbonyl (C=O) groups excluding carboxylic acids is 2. The quantitative estimate of drug-likeness (QED) is 0.725. The Morgan fingerprint density at radius 2 is 1.67 bits per heavy atom. The first-order chi connectivity index (χ1) is 8.36. The molecule has 0 unspecified atom stereocenters. The van der Waals surface area contributed by atoms with Gasteiger partial charge in [0, 0.05) is 13.6 Å². The van der Waals surface area contributed by atoms with E-state index in [9.17, 15) is 9.90 Å². The van der Waals surface area contributed by atoms with Crippen molar-refractivity contribution in [2.45, 2.75) is 20.4 Å². The van der Waals surface area contributed by atoms with Gasteiger partial charge in [0.1, 0.15) is 12.2 Å². The van der Waals surface area contributed by atoms with Crippen LogP contribution in [0.4, 0.5) is 9.59 Å². The summed E-state index contributed by atoms with van der Waals surface area (Å²) in [6.45, 7) is 4.33. The van der Waals surface area contributed by atoms with Crippen LogP contribution in [0, 0.1) is 13.8 Å². The maximum Gasteiger partial charge on any atom is 0.134 e. The lowest BCUT2D eigenvalue weighted by molar-refractivity contribution is -0.251. The largest absolute Gasteiger partial charge is 0.530 e. The van der Waals surface area contributed by atoms with Crippen LogP contribution in [0.15, 0.2) is 18.2 Å². The van der Waals surface area contributed by atoms with Gasteiger partial charge in [-0.2, -0.15) is 0 Å². The third-order valence-corrected chi connectivity index (χ3v) is 2.21. The Bertz CT molecular complexity index is 419. The number of carbonyl (C=O) groups is 2. The number of nitrogens with one attached hydrogen (secondary N) is 2. The highest BCUT2D eigenvalue weighted by atomic mass is 16.4. The lowest BCUT2D eigenvalue weighted by atomic mass is 10.1. The van der Waals surface area contributed by atoms with E-state index in [1.807, 2.05) is 37.4 Å². The van der Waals surface area contributed by atoms with Crippen molar-refractivity contribution in [2.75, 3.05) is 7.05 Å². The highest BCUT2D eigenvalue weighted by molar-refractivity contribution is 5.61. The molecule has 1 aromatic rings. The van der Waals surface area contributed by atoms with Gasteiger partial charge in [0.25, 0.3) is 0 Å². The summed E-state index contributed by atoms with van der Waals surface area (Å²) in [5.74, 6) is 0. The summed E-state index contributed by atoms with van der Waals surface area (Å²) in [7, 11) is 1.29. The molecule has 1 rings (SSSR count). The second-order valence-corrected chi connectivity index (χ2v) is 3.60. The van der Waals surface area contributed by atoms with Crippen LogP contribution in [0.2, 0.25) is 0 Å². The molecule has 18 heavy (non-hydrogen) atoms. The monoisotopic (exact) mass is 252 g/mol. The van der Waals surface area contributed by atoms with Crippen molar-refractivity contribution in [1.29, 1.82) is 0 Å². The summed E-state index contributed by atoms with van der Waals surface area (Å²) in [5, 5.41) is 23.3. The van der Waals surface area contributed by atoms with E-state index in [0.717, 1.165) is 11.1 Å². The van der Waals surface area contributed by atoms with Crippen LogP contribution in [-0.4, -0.2) is 19.2 Å². The Balaban J connectivity index is 0.000000494. The molecule has 2 amide bonds. The van der Waals surface area contributed by atoms with Crippen LogP contribution in [0.1, 0.15) is 16.7 Å². The summed E-state index contributed by atoms with van der Waals surface area (Å²) < 4.78 is 0. The Morgan fingerprint density at radius 1 is 1.11 bits per heavy atom. The van der Waals surface area contributed by atoms with Crippen LogP contribution in [0.5, 0.6) is 0 Å². The van der Waals surface area contributed by atoms with Crippen molar-refractivity contribution in [1.82, 2.24) is 10.6 Å². The van der Waals surface area contributed by atoms with E-state index < -0.39 is 12.2 Å². The zero-order valence-electron chi connectivity index (χ0n) is 10.6. The predicted molar refractivity (Wildman–Crippen MR) is 62.6 cm³/mol. The van der Waals surface area contributed by atoms with Gasteiger partial charge in [-0.25, -0.2) is 0 Å². The number of rotatable bonds is 2. The molecule has 0 aliphatic rings. The van der Waals surface area contributed by atoms with E-state index in [2.05, 4.69) is 5.32 Å². The summed E-state index contributed by atoms with van der Waals surface area (Å²) in [6, 6.07) is 5.84. The van der Waals surface area contributed by atoms with Gasteiger partial charge in [0.15, 0.2) is 0 Å². The lowest BCUT2D eigenvalue weighted by Gasteiger charge is -2.08. The normalized spacial score (nSPS) is 8.83. The molecule has 100 valence electrons. The van der Waals surface area contributed by atoms with Crippen molar-refractivity contribution in [2.24, 2.45) is 0 Å². The van der Waals surface area contributed by atoms with Gasteiger partial charge in [-0.05, 0) is 30.5 Å². The van der Waals surface area contributed by atoms with E-state index in [1.165, 1.54) is 12.6 Å². The molecule has 0 fully saturated rings. The van der Waals surface area contributed by atoms with Gasteiger partial charge < -0.3 is 30.4 Å². The third-order valence-electron chi connectivity index (χ3n) is 2.21. The molecule has 0 aromatic heterocycles. The highest BCUT2D eigenvalue weighted by Crippen LogP contribution is 2.09. The van der Waals surface area contributed by atoms with Crippen LogP contribution >= 0.6 is 0 Å². The number of amides is 2. The maximum absolute atomic E-state index is 10.1. The minimum Gasteiger partial charge on any atom is -0.530 e. The molecule has 6 nitrogen and oxygen atoms in total. The van der Waals surface area contributed by atoms with E-state index in [0.29, 0.717) is 6.54 Å². The summed E-state index contributed by atoms with van der Waals surface area (Å²) in [6.07, 6.45) is -2.48. The topological polar surface area (TPSA) is 104 Å². The number of aryl methyl sites for hydroxylation is 2. The average molecular weight is 252 g/mol. The van der Waals surface area contributed by atoms with Gasteiger partial charge in [0.05, 0.1) is 0 Å². The molecule has 0 aliphatic carbocycles. The highest BCUT2D eigenvalue weighted by Gasteiger charge is 1.95. The molecule has 0 heterocycles. The predicted octanol–water partition coefficient (Wildman–Crippen LogP) is -0.715. The second kappa shape index (κ2) is 7.94. The molecule has 0 aliphatic heterocycles. The SMILES string of the molecule is CNC(=O)[O-].Cc1ccc(CNC(=O)[O-])cc1C. The van der Waals surface area contributed by atoms with E-state index in [-0.39, 0.29) is 0 Å². The van der Waals surface area contributed by atoms with Crippen LogP contribution < -0.4 is 20.8 Å². The Labute approximate surface area is 106 Å².